The summed E-state index contributed by atoms with van der Waals surface area (Å²) in [5, 5.41) is 6.70. The summed E-state index contributed by atoms with van der Waals surface area (Å²) in [5.41, 5.74) is 5.95. The molecule has 7 heteroatoms. The molecule has 1 aromatic heterocycles. The van der Waals surface area contributed by atoms with Crippen molar-refractivity contribution in [3.8, 4) is 0 Å². The van der Waals surface area contributed by atoms with Crippen molar-refractivity contribution in [3.05, 3.63) is 12.4 Å². The molecule has 1 heterocycles. The van der Waals surface area contributed by atoms with Crippen molar-refractivity contribution in [2.75, 3.05) is 12.3 Å². The van der Waals surface area contributed by atoms with Crippen LogP contribution in [0.25, 0.3) is 0 Å². The summed E-state index contributed by atoms with van der Waals surface area (Å²) in [6, 6.07) is 0.233. The number of ether oxygens (including phenoxy) is 1. The smallest absolute Gasteiger partial charge is 0.328 e. The van der Waals surface area contributed by atoms with Crippen molar-refractivity contribution in [3.63, 3.8) is 0 Å². The van der Waals surface area contributed by atoms with Gasteiger partial charge in [-0.3, -0.25) is 14.3 Å². The lowest BCUT2D eigenvalue weighted by molar-refractivity contribution is -0.149. The average molecular weight is 266 g/mol. The number of carbonyl (C=O) groups excluding carboxylic acids is 2. The number of rotatable bonds is 5. The first-order valence-electron chi connectivity index (χ1n) is 6.36. The Morgan fingerprint density at radius 1 is 1.47 bits per heavy atom. The van der Waals surface area contributed by atoms with Crippen LogP contribution >= 0.6 is 0 Å². The topological polar surface area (TPSA) is 99.2 Å². The molecule has 1 aliphatic carbocycles. The Labute approximate surface area is 111 Å². The molecule has 0 spiro atoms. The van der Waals surface area contributed by atoms with Gasteiger partial charge in [-0.25, -0.2) is 0 Å². The number of esters is 1. The van der Waals surface area contributed by atoms with Crippen LogP contribution in [-0.4, -0.2) is 34.3 Å². The van der Waals surface area contributed by atoms with Crippen LogP contribution in [0.15, 0.2) is 12.4 Å². The van der Waals surface area contributed by atoms with E-state index in [0.717, 1.165) is 25.7 Å². The van der Waals surface area contributed by atoms with E-state index < -0.39 is 5.97 Å². The third-order valence-corrected chi connectivity index (χ3v) is 3.03. The maximum absolute atomic E-state index is 11.5. The quantitative estimate of drug-likeness (QED) is 0.735. The number of nitrogens with zero attached hydrogens (tertiary/aromatic N) is 2. The average Bonchev–Trinajstić information content (AvgIpc) is 2.99. The van der Waals surface area contributed by atoms with E-state index in [2.05, 4.69) is 10.4 Å². The predicted molar refractivity (Wildman–Crippen MR) is 68.0 cm³/mol. The molecule has 19 heavy (non-hydrogen) atoms. The van der Waals surface area contributed by atoms with Crippen LogP contribution in [0.3, 0.4) is 0 Å². The van der Waals surface area contributed by atoms with E-state index >= 15 is 0 Å². The zero-order chi connectivity index (χ0) is 13.7. The Bertz CT molecular complexity index is 452. The number of hydrogen-bond acceptors (Lipinski definition) is 5. The number of aromatic nitrogens is 2. The summed E-state index contributed by atoms with van der Waals surface area (Å²) in [6.45, 7) is -0.292. The summed E-state index contributed by atoms with van der Waals surface area (Å²) >= 11 is 0. The number of nitrogens with two attached hydrogens (primary N) is 1. The zero-order valence-electron chi connectivity index (χ0n) is 10.7. The van der Waals surface area contributed by atoms with Gasteiger partial charge >= 0.3 is 5.97 Å². The molecule has 0 atom stereocenters. The van der Waals surface area contributed by atoms with Crippen molar-refractivity contribution >= 4 is 17.6 Å². The van der Waals surface area contributed by atoms with Gasteiger partial charge in [0.25, 0.3) is 5.91 Å². The van der Waals surface area contributed by atoms with Gasteiger partial charge in [-0.1, -0.05) is 12.8 Å². The van der Waals surface area contributed by atoms with Crippen LogP contribution in [0, 0.1) is 0 Å². The fourth-order valence-corrected chi connectivity index (χ4v) is 2.13. The first-order valence-corrected chi connectivity index (χ1v) is 6.36. The van der Waals surface area contributed by atoms with Crippen LogP contribution < -0.4 is 11.1 Å². The van der Waals surface area contributed by atoms with E-state index in [1.807, 2.05) is 0 Å². The van der Waals surface area contributed by atoms with Gasteiger partial charge < -0.3 is 15.8 Å². The van der Waals surface area contributed by atoms with Gasteiger partial charge in [-0.05, 0) is 12.8 Å². The van der Waals surface area contributed by atoms with Crippen LogP contribution in [-0.2, 0) is 20.9 Å². The number of hydrogen-bond donors (Lipinski definition) is 2. The van der Waals surface area contributed by atoms with E-state index in [0.29, 0.717) is 5.69 Å². The van der Waals surface area contributed by atoms with Gasteiger partial charge in [-0.15, -0.1) is 0 Å². The lowest BCUT2D eigenvalue weighted by Crippen LogP contribution is -2.36. The molecule has 1 fully saturated rings. The summed E-state index contributed by atoms with van der Waals surface area (Å²) in [4.78, 5) is 23.0. The second kappa shape index (κ2) is 6.21. The number of nitrogens with one attached hydrogen (secondary N) is 1. The summed E-state index contributed by atoms with van der Waals surface area (Å²) < 4.78 is 6.24. The molecular formula is C12H18N4O3. The molecule has 0 bridgehead atoms. The Kier molecular flexibility index (Phi) is 4.38. The van der Waals surface area contributed by atoms with Crippen LogP contribution in [0.5, 0.6) is 0 Å². The number of anilines is 1. The van der Waals surface area contributed by atoms with Gasteiger partial charge in [0, 0.05) is 12.2 Å². The standard InChI is InChI=1S/C12H18N4O3/c13-9-5-14-16(6-9)7-12(18)19-8-11(17)15-10-3-1-2-4-10/h5-6,10H,1-4,7-8,13H2,(H,15,17). The monoisotopic (exact) mass is 266 g/mol. The molecule has 1 saturated carbocycles. The second-order valence-corrected chi connectivity index (χ2v) is 4.68. The highest BCUT2D eigenvalue weighted by atomic mass is 16.5. The molecule has 0 unspecified atom stereocenters. The summed E-state index contributed by atoms with van der Waals surface area (Å²) in [5.74, 6) is -0.759. The largest absolute Gasteiger partial charge is 0.454 e. The molecule has 1 amide bonds. The van der Waals surface area contributed by atoms with Crippen LogP contribution in [0.2, 0.25) is 0 Å². The molecule has 0 aliphatic heterocycles. The summed E-state index contributed by atoms with van der Waals surface area (Å²) in [6.07, 6.45) is 7.27. The normalized spacial score (nSPS) is 15.4. The molecule has 7 nitrogen and oxygen atoms in total. The molecule has 3 N–H and O–H groups in total. The van der Waals surface area contributed by atoms with E-state index in [1.54, 1.807) is 0 Å². The third-order valence-electron chi connectivity index (χ3n) is 3.03. The first kappa shape index (κ1) is 13.4. The maximum atomic E-state index is 11.5. The molecule has 1 aliphatic rings. The van der Waals surface area contributed by atoms with Gasteiger partial charge in [0.2, 0.25) is 0 Å². The molecule has 0 radical (unpaired) electrons. The highest BCUT2D eigenvalue weighted by Crippen LogP contribution is 2.17. The molecule has 0 saturated heterocycles. The van der Waals surface area contributed by atoms with Crippen molar-refractivity contribution < 1.29 is 14.3 Å². The second-order valence-electron chi connectivity index (χ2n) is 4.68. The van der Waals surface area contributed by atoms with Crippen molar-refractivity contribution in [2.24, 2.45) is 0 Å². The lowest BCUT2D eigenvalue weighted by atomic mass is 10.2. The van der Waals surface area contributed by atoms with E-state index in [4.69, 9.17) is 10.5 Å². The minimum Gasteiger partial charge on any atom is -0.454 e. The molecule has 1 aromatic rings. The Morgan fingerprint density at radius 3 is 2.84 bits per heavy atom. The minimum absolute atomic E-state index is 0.0477. The highest BCUT2D eigenvalue weighted by Gasteiger charge is 2.17. The molecule has 2 rings (SSSR count). The molecule has 104 valence electrons. The van der Waals surface area contributed by atoms with E-state index in [1.165, 1.54) is 17.1 Å². The van der Waals surface area contributed by atoms with Gasteiger partial charge in [0.15, 0.2) is 6.61 Å². The Balaban J connectivity index is 1.66. The fraction of sp³-hybridized carbons (Fsp3) is 0.583. The molecule has 0 aromatic carbocycles. The first-order chi connectivity index (χ1) is 9.13. The van der Waals surface area contributed by atoms with Gasteiger partial charge in [0.1, 0.15) is 6.54 Å². The van der Waals surface area contributed by atoms with E-state index in [-0.39, 0.29) is 25.1 Å². The fourth-order valence-electron chi connectivity index (χ4n) is 2.13. The SMILES string of the molecule is Nc1cnn(CC(=O)OCC(=O)NC2CCCC2)c1. The van der Waals surface area contributed by atoms with Crippen LogP contribution in [0.1, 0.15) is 25.7 Å². The predicted octanol–water partition coefficient (Wildman–Crippen LogP) is 0.0673. The number of amides is 1. The van der Waals surface area contributed by atoms with Crippen molar-refractivity contribution in [1.29, 1.82) is 0 Å². The van der Waals surface area contributed by atoms with E-state index in [9.17, 15) is 9.59 Å². The Hall–Kier alpha value is -2.05. The van der Waals surface area contributed by atoms with Gasteiger partial charge in [-0.2, -0.15) is 5.10 Å². The van der Waals surface area contributed by atoms with Crippen molar-refractivity contribution in [1.82, 2.24) is 15.1 Å². The third kappa shape index (κ3) is 4.27. The van der Waals surface area contributed by atoms with Crippen LogP contribution in [0.4, 0.5) is 5.69 Å². The number of nitrogen functional groups attached to an aromatic ring is 1. The zero-order valence-corrected chi connectivity index (χ0v) is 10.7. The maximum Gasteiger partial charge on any atom is 0.328 e. The van der Waals surface area contributed by atoms with Gasteiger partial charge in [0.05, 0.1) is 11.9 Å². The number of carbonyl (C=O) groups is 2. The highest BCUT2D eigenvalue weighted by molar-refractivity contribution is 5.80. The molecular weight excluding hydrogens is 248 g/mol. The summed E-state index contributed by atoms with van der Waals surface area (Å²) in [7, 11) is 0. The lowest BCUT2D eigenvalue weighted by Gasteiger charge is -2.11. The Morgan fingerprint density at radius 2 is 2.21 bits per heavy atom. The minimum atomic E-state index is -0.510. The van der Waals surface area contributed by atoms with Crippen molar-refractivity contribution in [2.45, 2.75) is 38.3 Å².